The lowest BCUT2D eigenvalue weighted by molar-refractivity contribution is 0.102. The highest BCUT2D eigenvalue weighted by Gasteiger charge is 2.13. The first-order chi connectivity index (χ1) is 10.1. The lowest BCUT2D eigenvalue weighted by atomic mass is 9.95. The van der Waals surface area contributed by atoms with Crippen LogP contribution in [-0.4, -0.2) is 18.2 Å². The first kappa shape index (κ1) is 14.4. The van der Waals surface area contributed by atoms with Gasteiger partial charge in [-0.05, 0) is 57.9 Å². The molecule has 0 unspecified atom stereocenters. The van der Waals surface area contributed by atoms with Crippen molar-refractivity contribution in [3.05, 3.63) is 53.1 Å². The number of rotatable bonds is 3. The number of ketones is 1. The molecule has 0 aliphatic heterocycles. The Hall–Kier alpha value is -1.58. The van der Waals surface area contributed by atoms with E-state index in [1.807, 2.05) is 42.5 Å². The van der Waals surface area contributed by atoms with Gasteiger partial charge < -0.3 is 4.74 Å². The van der Waals surface area contributed by atoms with Crippen LogP contribution in [-0.2, 0) is 0 Å². The van der Waals surface area contributed by atoms with Crippen molar-refractivity contribution in [2.75, 3.05) is 12.4 Å². The van der Waals surface area contributed by atoms with Crippen molar-refractivity contribution < 1.29 is 9.53 Å². The van der Waals surface area contributed by atoms with E-state index in [4.69, 9.17) is 16.3 Å². The summed E-state index contributed by atoms with van der Waals surface area (Å²) in [6.45, 7) is 0. The Morgan fingerprint density at radius 3 is 2.62 bits per heavy atom. The molecular formula is C17H12BrClO2. The predicted molar refractivity (Wildman–Crippen MR) is 91.1 cm³/mol. The number of hydrogen-bond acceptors (Lipinski definition) is 2. The van der Waals surface area contributed by atoms with Crippen molar-refractivity contribution in [1.82, 2.24) is 0 Å². The maximum absolute atomic E-state index is 12.2. The van der Waals surface area contributed by atoms with Gasteiger partial charge in [0.1, 0.15) is 5.75 Å². The Kier molecular flexibility index (Phi) is 3.87. The first-order valence-electron chi connectivity index (χ1n) is 6.43. The summed E-state index contributed by atoms with van der Waals surface area (Å²) in [5.41, 5.74) is 0.708. The average molecular weight is 364 g/mol. The molecule has 2 nitrogen and oxygen atoms in total. The highest BCUT2D eigenvalue weighted by molar-refractivity contribution is 9.09. The van der Waals surface area contributed by atoms with Gasteiger partial charge in [-0.25, -0.2) is 0 Å². The number of carbonyl (C=O) groups is 1. The number of carbonyl (C=O) groups excluding carboxylic acids is 1. The topological polar surface area (TPSA) is 26.3 Å². The third kappa shape index (κ3) is 2.52. The highest BCUT2D eigenvalue weighted by Crippen LogP contribution is 2.33. The smallest absolute Gasteiger partial charge is 0.174 e. The van der Waals surface area contributed by atoms with Gasteiger partial charge >= 0.3 is 0 Å². The Balaban J connectivity index is 2.48. The summed E-state index contributed by atoms with van der Waals surface area (Å²) in [6, 6.07) is 13.3. The predicted octanol–water partition coefficient (Wildman–Crippen LogP) is 5.23. The number of fused-ring (bicyclic) bond motifs is 3. The molecule has 0 aromatic heterocycles. The molecule has 3 rings (SSSR count). The Morgan fingerprint density at radius 2 is 1.90 bits per heavy atom. The molecule has 0 aliphatic rings. The second-order valence-corrected chi connectivity index (χ2v) is 5.76. The molecule has 0 aliphatic carbocycles. The zero-order chi connectivity index (χ0) is 15.0. The second kappa shape index (κ2) is 5.66. The van der Waals surface area contributed by atoms with E-state index < -0.39 is 0 Å². The van der Waals surface area contributed by atoms with Crippen LogP contribution in [0.15, 0.2) is 42.5 Å². The lowest BCUT2D eigenvalue weighted by Gasteiger charge is -2.11. The average Bonchev–Trinajstić information content (AvgIpc) is 2.53. The third-order valence-electron chi connectivity index (χ3n) is 3.54. The van der Waals surface area contributed by atoms with Crippen molar-refractivity contribution >= 4 is 54.9 Å². The number of ether oxygens (including phenoxy) is 1. The van der Waals surface area contributed by atoms with Gasteiger partial charge in [0.25, 0.3) is 0 Å². The molecule has 0 spiro atoms. The standard InChI is InChI=1S/C17H12BrClO2/c1-21-12-4-5-13-15(8-12)14-7-11(19)3-2-10(14)6-16(13)17(20)9-18/h2-8H,9H2,1H3. The minimum Gasteiger partial charge on any atom is -0.497 e. The fourth-order valence-corrected chi connectivity index (χ4v) is 3.01. The van der Waals surface area contributed by atoms with E-state index in [1.165, 1.54) is 0 Å². The van der Waals surface area contributed by atoms with Gasteiger partial charge in [0.05, 0.1) is 12.4 Å². The van der Waals surface area contributed by atoms with Gasteiger partial charge in [-0.15, -0.1) is 0 Å². The molecule has 0 bridgehead atoms. The van der Waals surface area contributed by atoms with Crippen LogP contribution in [0.4, 0.5) is 0 Å². The summed E-state index contributed by atoms with van der Waals surface area (Å²) in [5, 5.41) is 4.86. The zero-order valence-electron chi connectivity index (χ0n) is 11.3. The molecule has 0 atom stereocenters. The molecule has 0 fully saturated rings. The van der Waals surface area contributed by atoms with Crippen molar-refractivity contribution in [2.45, 2.75) is 0 Å². The number of benzene rings is 3. The first-order valence-corrected chi connectivity index (χ1v) is 7.93. The monoisotopic (exact) mass is 362 g/mol. The quantitative estimate of drug-likeness (QED) is 0.362. The van der Waals surface area contributed by atoms with Crippen LogP contribution in [0.2, 0.25) is 5.02 Å². The van der Waals surface area contributed by atoms with Crippen LogP contribution < -0.4 is 4.74 Å². The lowest BCUT2D eigenvalue weighted by Crippen LogP contribution is -2.01. The molecular weight excluding hydrogens is 352 g/mol. The SMILES string of the molecule is COc1ccc2c(C(=O)CBr)cc3ccc(Cl)cc3c2c1. The summed E-state index contributed by atoms with van der Waals surface area (Å²) in [4.78, 5) is 12.2. The molecule has 0 heterocycles. The van der Waals surface area contributed by atoms with Crippen molar-refractivity contribution in [3.63, 3.8) is 0 Å². The maximum Gasteiger partial charge on any atom is 0.174 e. The Morgan fingerprint density at radius 1 is 1.10 bits per heavy atom. The molecule has 0 N–H and O–H groups in total. The molecule has 0 amide bonds. The minimum atomic E-state index is 0.0574. The number of alkyl halides is 1. The third-order valence-corrected chi connectivity index (χ3v) is 4.29. The normalized spacial score (nSPS) is 11.0. The van der Waals surface area contributed by atoms with E-state index in [2.05, 4.69) is 15.9 Å². The minimum absolute atomic E-state index is 0.0574. The van der Waals surface area contributed by atoms with Gasteiger partial charge in [0.2, 0.25) is 0 Å². The van der Waals surface area contributed by atoms with Crippen LogP contribution in [0.25, 0.3) is 21.5 Å². The van der Waals surface area contributed by atoms with Gasteiger partial charge in [-0.3, -0.25) is 4.79 Å². The fourth-order valence-electron chi connectivity index (χ4n) is 2.53. The fraction of sp³-hybridized carbons (Fsp3) is 0.118. The van der Waals surface area contributed by atoms with Crippen LogP contribution in [0.3, 0.4) is 0 Å². The van der Waals surface area contributed by atoms with E-state index in [0.717, 1.165) is 27.3 Å². The maximum atomic E-state index is 12.2. The Labute approximate surface area is 135 Å². The van der Waals surface area contributed by atoms with E-state index in [9.17, 15) is 4.79 Å². The largest absolute Gasteiger partial charge is 0.497 e. The summed E-state index contributed by atoms with van der Waals surface area (Å²) in [6.07, 6.45) is 0. The van der Waals surface area contributed by atoms with Crippen molar-refractivity contribution in [3.8, 4) is 5.75 Å². The number of halogens is 2. The molecule has 0 radical (unpaired) electrons. The van der Waals surface area contributed by atoms with E-state index >= 15 is 0 Å². The number of hydrogen-bond donors (Lipinski definition) is 0. The van der Waals surface area contributed by atoms with Crippen molar-refractivity contribution in [1.29, 1.82) is 0 Å². The van der Waals surface area contributed by atoms with E-state index in [-0.39, 0.29) is 5.78 Å². The molecule has 21 heavy (non-hydrogen) atoms. The van der Waals surface area contributed by atoms with Crippen molar-refractivity contribution in [2.24, 2.45) is 0 Å². The van der Waals surface area contributed by atoms with Crippen LogP contribution in [0.5, 0.6) is 5.75 Å². The molecule has 0 saturated carbocycles. The molecule has 3 aromatic rings. The Bertz CT molecular complexity index is 858. The van der Waals surface area contributed by atoms with E-state index in [1.54, 1.807) is 7.11 Å². The molecule has 0 saturated heterocycles. The zero-order valence-corrected chi connectivity index (χ0v) is 13.7. The second-order valence-electron chi connectivity index (χ2n) is 4.76. The molecule has 106 valence electrons. The molecule has 3 aromatic carbocycles. The van der Waals surface area contributed by atoms with E-state index in [0.29, 0.717) is 15.9 Å². The van der Waals surface area contributed by atoms with Gasteiger partial charge in [0.15, 0.2) is 5.78 Å². The number of methoxy groups -OCH3 is 1. The van der Waals surface area contributed by atoms with Crippen LogP contribution in [0.1, 0.15) is 10.4 Å². The summed E-state index contributed by atoms with van der Waals surface area (Å²) in [7, 11) is 1.63. The van der Waals surface area contributed by atoms with Gasteiger partial charge in [-0.2, -0.15) is 0 Å². The van der Waals surface area contributed by atoms with Gasteiger partial charge in [-0.1, -0.05) is 33.6 Å². The summed E-state index contributed by atoms with van der Waals surface area (Å²) < 4.78 is 5.30. The summed E-state index contributed by atoms with van der Waals surface area (Å²) >= 11 is 9.36. The highest BCUT2D eigenvalue weighted by atomic mass is 79.9. The van der Waals surface area contributed by atoms with Crippen LogP contribution >= 0.6 is 27.5 Å². The van der Waals surface area contributed by atoms with Crippen LogP contribution in [0, 0.1) is 0 Å². The molecule has 4 heteroatoms. The summed E-state index contributed by atoms with van der Waals surface area (Å²) in [5.74, 6) is 0.814. The number of Topliss-reactive ketones (excluding diaryl/α,β-unsaturated/α-hetero) is 1. The van der Waals surface area contributed by atoms with Gasteiger partial charge in [0, 0.05) is 10.6 Å².